The Balaban J connectivity index is 0.000000534. The van der Waals surface area contributed by atoms with E-state index in [0.717, 1.165) is 24.7 Å². The normalized spacial score (nSPS) is 15.9. The Labute approximate surface area is 191 Å². The van der Waals surface area contributed by atoms with Crippen molar-refractivity contribution in [3.05, 3.63) is 59.1 Å². The monoisotopic (exact) mass is 467 g/mol. The van der Waals surface area contributed by atoms with Crippen molar-refractivity contribution >= 4 is 23.5 Å². The van der Waals surface area contributed by atoms with Crippen molar-refractivity contribution in [3.8, 4) is 11.5 Å². The zero-order valence-corrected chi connectivity index (χ0v) is 18.4. The molecular formula is C22H26ClNO8. The number of methoxy groups -OCH3 is 1. The lowest BCUT2D eigenvalue weighted by Gasteiger charge is -2.32. The minimum atomic E-state index is -1.82. The van der Waals surface area contributed by atoms with Crippen LogP contribution in [0.2, 0.25) is 5.02 Å². The second kappa shape index (κ2) is 13.5. The predicted molar refractivity (Wildman–Crippen MR) is 116 cm³/mol. The van der Waals surface area contributed by atoms with E-state index < -0.39 is 11.9 Å². The lowest BCUT2D eigenvalue weighted by molar-refractivity contribution is -0.159. The van der Waals surface area contributed by atoms with Gasteiger partial charge in [0.2, 0.25) is 0 Å². The van der Waals surface area contributed by atoms with Gasteiger partial charge in [-0.05, 0) is 29.8 Å². The first-order valence-corrected chi connectivity index (χ1v) is 10.1. The molecule has 2 aromatic rings. The van der Waals surface area contributed by atoms with Gasteiger partial charge in [-0.25, -0.2) is 9.59 Å². The van der Waals surface area contributed by atoms with E-state index in [1.165, 1.54) is 5.56 Å². The highest BCUT2D eigenvalue weighted by atomic mass is 35.5. The first-order chi connectivity index (χ1) is 15.4. The van der Waals surface area contributed by atoms with Crippen molar-refractivity contribution in [2.75, 3.05) is 40.2 Å². The van der Waals surface area contributed by atoms with E-state index in [2.05, 4.69) is 17.0 Å². The fraction of sp³-hybridized carbons (Fsp3) is 0.364. The minimum Gasteiger partial charge on any atom is -0.487 e. The number of aliphatic carboxylic acids is 2. The second-order valence-electron chi connectivity index (χ2n) is 6.77. The van der Waals surface area contributed by atoms with Crippen LogP contribution in [0.1, 0.15) is 5.56 Å². The topological polar surface area (TPSA) is 115 Å². The maximum atomic E-state index is 9.10. The summed E-state index contributed by atoms with van der Waals surface area (Å²) in [7, 11) is 1.59. The van der Waals surface area contributed by atoms with Gasteiger partial charge in [0, 0.05) is 31.8 Å². The Morgan fingerprint density at radius 1 is 1.06 bits per heavy atom. The molecule has 10 heteroatoms. The number of carboxylic acid groups (broad SMARTS) is 2. The Kier molecular flexibility index (Phi) is 10.8. The Bertz CT molecular complexity index is 849. The first kappa shape index (κ1) is 25.4. The Morgan fingerprint density at radius 3 is 2.28 bits per heavy atom. The zero-order chi connectivity index (χ0) is 23.3. The van der Waals surface area contributed by atoms with E-state index in [0.29, 0.717) is 24.7 Å². The van der Waals surface area contributed by atoms with E-state index in [9.17, 15) is 0 Å². The van der Waals surface area contributed by atoms with Gasteiger partial charge in [0.05, 0.1) is 6.61 Å². The molecule has 2 aromatic carbocycles. The molecule has 32 heavy (non-hydrogen) atoms. The molecule has 1 heterocycles. The smallest absolute Gasteiger partial charge is 0.414 e. The van der Waals surface area contributed by atoms with Gasteiger partial charge in [0.1, 0.15) is 12.7 Å². The summed E-state index contributed by atoms with van der Waals surface area (Å²) in [6, 6.07) is 15.6. The SMILES string of the molecule is COCOc1ccccc1OCC1CN(Cc2ccc(Cl)cc2)CCO1.O=C(O)C(=O)O. The molecule has 1 atom stereocenters. The molecule has 174 valence electrons. The maximum Gasteiger partial charge on any atom is 0.414 e. The van der Waals surface area contributed by atoms with Crippen LogP contribution in [0.4, 0.5) is 0 Å². The van der Waals surface area contributed by atoms with Gasteiger partial charge in [-0.2, -0.15) is 0 Å². The van der Waals surface area contributed by atoms with Crippen molar-refractivity contribution < 1.29 is 38.7 Å². The summed E-state index contributed by atoms with van der Waals surface area (Å²) in [5.74, 6) is -2.28. The lowest BCUT2D eigenvalue weighted by Crippen LogP contribution is -2.44. The standard InChI is InChI=1S/C20H24ClNO4.C2H2O4/c1-23-15-26-20-5-3-2-4-19(20)25-14-18-13-22(10-11-24-18)12-16-6-8-17(21)9-7-16;3-1(4)2(5)6/h2-9,18H,10-15H2,1H3;(H,3,4)(H,5,6). The number of para-hydroxylation sites is 2. The quantitative estimate of drug-likeness (QED) is 0.446. The fourth-order valence-corrected chi connectivity index (χ4v) is 2.99. The minimum absolute atomic E-state index is 0.0199. The number of nitrogens with zero attached hydrogens (tertiary/aromatic N) is 1. The first-order valence-electron chi connectivity index (χ1n) is 9.77. The highest BCUT2D eigenvalue weighted by Crippen LogP contribution is 2.27. The van der Waals surface area contributed by atoms with Crippen molar-refractivity contribution in [2.24, 2.45) is 0 Å². The molecule has 1 fully saturated rings. The average molecular weight is 468 g/mol. The molecule has 0 aromatic heterocycles. The number of rotatable bonds is 8. The Hall–Kier alpha value is -2.85. The van der Waals surface area contributed by atoms with Crippen LogP contribution >= 0.6 is 11.6 Å². The van der Waals surface area contributed by atoms with E-state index >= 15 is 0 Å². The Morgan fingerprint density at radius 2 is 1.69 bits per heavy atom. The zero-order valence-electron chi connectivity index (χ0n) is 17.6. The summed E-state index contributed by atoms with van der Waals surface area (Å²) < 4.78 is 22.3. The number of hydrogen-bond donors (Lipinski definition) is 2. The van der Waals surface area contributed by atoms with E-state index in [1.54, 1.807) is 7.11 Å². The van der Waals surface area contributed by atoms with Crippen LogP contribution in [0.15, 0.2) is 48.5 Å². The molecule has 0 aliphatic carbocycles. The molecule has 1 aliphatic rings. The molecule has 2 N–H and O–H groups in total. The highest BCUT2D eigenvalue weighted by molar-refractivity contribution is 6.30. The van der Waals surface area contributed by atoms with Crippen molar-refractivity contribution in [1.82, 2.24) is 4.90 Å². The summed E-state index contributed by atoms with van der Waals surface area (Å²) in [6.07, 6.45) is 0.0199. The molecule has 0 spiro atoms. The number of halogens is 1. The van der Waals surface area contributed by atoms with Gasteiger partial charge in [0.15, 0.2) is 18.3 Å². The number of hydrogen-bond acceptors (Lipinski definition) is 7. The molecule has 0 amide bonds. The largest absolute Gasteiger partial charge is 0.487 e. The molecule has 1 saturated heterocycles. The van der Waals surface area contributed by atoms with Gasteiger partial charge < -0.3 is 29.2 Å². The molecule has 1 unspecified atom stereocenters. The van der Waals surface area contributed by atoms with Crippen molar-refractivity contribution in [2.45, 2.75) is 12.6 Å². The average Bonchev–Trinajstić information content (AvgIpc) is 2.79. The summed E-state index contributed by atoms with van der Waals surface area (Å²) in [4.78, 5) is 20.6. The van der Waals surface area contributed by atoms with Crippen molar-refractivity contribution in [3.63, 3.8) is 0 Å². The third-order valence-corrected chi connectivity index (χ3v) is 4.58. The number of carbonyl (C=O) groups is 2. The number of ether oxygens (including phenoxy) is 4. The van der Waals surface area contributed by atoms with E-state index in [1.807, 2.05) is 36.4 Å². The predicted octanol–water partition coefficient (Wildman–Crippen LogP) is 2.76. The van der Waals surface area contributed by atoms with Crippen LogP contribution in [0.25, 0.3) is 0 Å². The molecule has 0 bridgehead atoms. The van der Waals surface area contributed by atoms with Gasteiger partial charge in [-0.1, -0.05) is 35.9 Å². The number of carboxylic acids is 2. The van der Waals surface area contributed by atoms with Crippen LogP contribution in [0, 0.1) is 0 Å². The van der Waals surface area contributed by atoms with Crippen LogP contribution < -0.4 is 9.47 Å². The molecule has 9 nitrogen and oxygen atoms in total. The van der Waals surface area contributed by atoms with Gasteiger partial charge in [-0.15, -0.1) is 0 Å². The molecule has 1 aliphatic heterocycles. The highest BCUT2D eigenvalue weighted by Gasteiger charge is 2.21. The second-order valence-corrected chi connectivity index (χ2v) is 7.21. The lowest BCUT2D eigenvalue weighted by atomic mass is 10.2. The van der Waals surface area contributed by atoms with Crippen LogP contribution in [-0.4, -0.2) is 73.4 Å². The molecular weight excluding hydrogens is 442 g/mol. The van der Waals surface area contributed by atoms with Gasteiger partial charge in [-0.3, -0.25) is 4.90 Å². The summed E-state index contributed by atoms with van der Waals surface area (Å²) in [5, 5.41) is 15.5. The summed E-state index contributed by atoms with van der Waals surface area (Å²) in [6.45, 7) is 3.98. The van der Waals surface area contributed by atoms with Crippen molar-refractivity contribution in [1.29, 1.82) is 0 Å². The van der Waals surface area contributed by atoms with E-state index in [4.69, 9.17) is 50.4 Å². The third-order valence-electron chi connectivity index (χ3n) is 4.33. The van der Waals surface area contributed by atoms with Crippen LogP contribution in [-0.2, 0) is 25.6 Å². The molecule has 0 radical (unpaired) electrons. The number of benzene rings is 2. The maximum absolute atomic E-state index is 9.10. The fourth-order valence-electron chi connectivity index (χ4n) is 2.87. The van der Waals surface area contributed by atoms with Gasteiger partial charge in [0.25, 0.3) is 0 Å². The van der Waals surface area contributed by atoms with E-state index in [-0.39, 0.29) is 12.9 Å². The van der Waals surface area contributed by atoms with Crippen LogP contribution in [0.5, 0.6) is 11.5 Å². The van der Waals surface area contributed by atoms with Gasteiger partial charge >= 0.3 is 11.9 Å². The number of morpholine rings is 1. The van der Waals surface area contributed by atoms with Crippen LogP contribution in [0.3, 0.4) is 0 Å². The summed E-state index contributed by atoms with van der Waals surface area (Å²) in [5.41, 5.74) is 1.24. The summed E-state index contributed by atoms with van der Waals surface area (Å²) >= 11 is 5.95. The molecule has 3 rings (SSSR count). The molecule has 0 saturated carbocycles. The third kappa shape index (κ3) is 9.11.